The second-order valence-electron chi connectivity index (χ2n) is 8.67. The zero-order valence-corrected chi connectivity index (χ0v) is 22.2. The van der Waals surface area contributed by atoms with Crippen molar-refractivity contribution >= 4 is 43.8 Å². The predicted molar refractivity (Wildman–Crippen MR) is 147 cm³/mol. The Hall–Kier alpha value is -3.89. The van der Waals surface area contributed by atoms with Crippen LogP contribution in [0.4, 0.5) is 16.5 Å². The molecule has 2 heterocycles. The molecule has 1 aliphatic rings. The molecule has 190 valence electrons. The minimum absolute atomic E-state index is 0.241. The van der Waals surface area contributed by atoms with Crippen LogP contribution in [-0.4, -0.2) is 39.5 Å². The van der Waals surface area contributed by atoms with Gasteiger partial charge in [0.05, 0.1) is 29.1 Å². The summed E-state index contributed by atoms with van der Waals surface area (Å²) in [4.78, 5) is 18.0. The van der Waals surface area contributed by atoms with Gasteiger partial charge in [0.2, 0.25) is 0 Å². The molecule has 0 bridgehead atoms. The number of rotatable bonds is 7. The molecule has 0 radical (unpaired) electrons. The molecule has 37 heavy (non-hydrogen) atoms. The first-order valence-electron chi connectivity index (χ1n) is 11.7. The van der Waals surface area contributed by atoms with Gasteiger partial charge in [-0.2, -0.15) is 0 Å². The fourth-order valence-electron chi connectivity index (χ4n) is 4.50. The van der Waals surface area contributed by atoms with Crippen molar-refractivity contribution in [3.05, 3.63) is 83.2 Å². The molecule has 0 spiro atoms. The van der Waals surface area contributed by atoms with E-state index in [0.717, 1.165) is 22.0 Å². The Morgan fingerprint density at radius 3 is 2.59 bits per heavy atom. The summed E-state index contributed by atoms with van der Waals surface area (Å²) in [6.07, 6.45) is 0.513. The van der Waals surface area contributed by atoms with Crippen LogP contribution in [0, 0.1) is 0 Å². The van der Waals surface area contributed by atoms with Gasteiger partial charge >= 0.3 is 0 Å². The minimum Gasteiger partial charge on any atom is -0.495 e. The van der Waals surface area contributed by atoms with Crippen molar-refractivity contribution in [2.75, 3.05) is 29.1 Å². The van der Waals surface area contributed by atoms with Gasteiger partial charge in [-0.1, -0.05) is 18.2 Å². The van der Waals surface area contributed by atoms with Gasteiger partial charge in [0.15, 0.2) is 5.13 Å². The van der Waals surface area contributed by atoms with E-state index in [0.29, 0.717) is 29.1 Å². The summed E-state index contributed by atoms with van der Waals surface area (Å²) in [5, 5.41) is 8.71. The third-order valence-corrected chi connectivity index (χ3v) is 9.06. The van der Waals surface area contributed by atoms with E-state index in [2.05, 4.69) is 15.6 Å². The van der Waals surface area contributed by atoms with Crippen LogP contribution in [0.2, 0.25) is 0 Å². The molecule has 5 rings (SSSR count). The number of nitrogens with one attached hydrogen (secondary N) is 2. The van der Waals surface area contributed by atoms with E-state index in [1.807, 2.05) is 31.5 Å². The number of benzene rings is 3. The van der Waals surface area contributed by atoms with Crippen LogP contribution >= 0.6 is 11.3 Å². The number of sulfonamides is 1. The maximum Gasteiger partial charge on any atom is 0.264 e. The smallest absolute Gasteiger partial charge is 0.264 e. The van der Waals surface area contributed by atoms with Gasteiger partial charge < -0.3 is 15.4 Å². The maximum absolute atomic E-state index is 13.3. The second-order valence-corrected chi connectivity index (χ2v) is 11.3. The van der Waals surface area contributed by atoms with Crippen LogP contribution in [0.3, 0.4) is 0 Å². The Labute approximate surface area is 220 Å². The van der Waals surface area contributed by atoms with Crippen LogP contribution in [-0.2, 0) is 16.4 Å². The van der Waals surface area contributed by atoms with E-state index in [-0.39, 0.29) is 16.8 Å². The Balaban J connectivity index is 1.42. The van der Waals surface area contributed by atoms with Crippen molar-refractivity contribution in [2.45, 2.75) is 24.3 Å². The molecular formula is C27H26N4O4S2. The molecule has 10 heteroatoms. The molecule has 1 amide bonds. The molecule has 2 N–H and O–H groups in total. The molecule has 0 saturated carbocycles. The van der Waals surface area contributed by atoms with Crippen molar-refractivity contribution in [2.24, 2.45) is 0 Å². The fourth-order valence-corrected chi connectivity index (χ4v) is 6.89. The first-order chi connectivity index (χ1) is 17.8. The molecule has 0 saturated heterocycles. The third-order valence-electron chi connectivity index (χ3n) is 6.26. The monoisotopic (exact) mass is 534 g/mol. The summed E-state index contributed by atoms with van der Waals surface area (Å²) in [7, 11) is -0.354. The number of hydrogen-bond acceptors (Lipinski definition) is 7. The zero-order valence-electron chi connectivity index (χ0n) is 20.6. The summed E-state index contributed by atoms with van der Waals surface area (Å²) in [6, 6.07) is 18.7. The Kier molecular flexibility index (Phi) is 6.61. The van der Waals surface area contributed by atoms with Crippen molar-refractivity contribution < 1.29 is 17.9 Å². The van der Waals surface area contributed by atoms with E-state index < -0.39 is 10.0 Å². The molecule has 0 aliphatic carbocycles. The first kappa shape index (κ1) is 24.8. The van der Waals surface area contributed by atoms with Crippen molar-refractivity contribution in [1.29, 1.82) is 0 Å². The number of methoxy groups -OCH3 is 1. The lowest BCUT2D eigenvalue weighted by Crippen LogP contribution is -2.35. The van der Waals surface area contributed by atoms with E-state index in [9.17, 15) is 13.2 Å². The van der Waals surface area contributed by atoms with Gasteiger partial charge in [-0.15, -0.1) is 11.3 Å². The van der Waals surface area contributed by atoms with Crippen molar-refractivity contribution in [3.8, 4) is 17.0 Å². The number of carbonyl (C=O) groups is 1. The maximum atomic E-state index is 13.3. The molecular weight excluding hydrogens is 508 g/mol. The predicted octanol–water partition coefficient (Wildman–Crippen LogP) is 5.25. The number of thiazole rings is 1. The lowest BCUT2D eigenvalue weighted by atomic mass is 10.1. The number of hydrogen-bond donors (Lipinski definition) is 2. The van der Waals surface area contributed by atoms with Crippen LogP contribution < -0.4 is 19.7 Å². The number of ether oxygens (including phenoxy) is 1. The van der Waals surface area contributed by atoms with Gasteiger partial charge in [-0.05, 0) is 67.4 Å². The average molecular weight is 535 g/mol. The van der Waals surface area contributed by atoms with Crippen LogP contribution in [0.1, 0.15) is 22.8 Å². The summed E-state index contributed by atoms with van der Waals surface area (Å²) >= 11 is 1.50. The van der Waals surface area contributed by atoms with Crippen LogP contribution in [0.15, 0.2) is 77.0 Å². The van der Waals surface area contributed by atoms with Gasteiger partial charge in [0.1, 0.15) is 5.75 Å². The van der Waals surface area contributed by atoms with Crippen molar-refractivity contribution in [1.82, 2.24) is 4.98 Å². The number of carbonyl (C=O) groups excluding carboxylic acids is 1. The molecule has 3 aromatic carbocycles. The highest BCUT2D eigenvalue weighted by atomic mass is 32.2. The molecule has 1 aliphatic heterocycles. The summed E-state index contributed by atoms with van der Waals surface area (Å²) in [5.74, 6) is 0.209. The van der Waals surface area contributed by atoms with Gasteiger partial charge in [0, 0.05) is 29.6 Å². The third kappa shape index (κ3) is 4.65. The largest absolute Gasteiger partial charge is 0.495 e. The summed E-state index contributed by atoms with van der Waals surface area (Å²) in [5.41, 5.74) is 3.99. The lowest BCUT2D eigenvalue weighted by Gasteiger charge is -2.24. The van der Waals surface area contributed by atoms with E-state index >= 15 is 0 Å². The highest BCUT2D eigenvalue weighted by Gasteiger charge is 2.36. The number of nitrogens with zero attached hydrogens (tertiary/aromatic N) is 2. The zero-order chi connectivity index (χ0) is 26.2. The fraction of sp³-hybridized carbons (Fsp3) is 0.185. The second kappa shape index (κ2) is 9.87. The highest BCUT2D eigenvalue weighted by Crippen LogP contribution is 2.38. The van der Waals surface area contributed by atoms with Gasteiger partial charge in [-0.25, -0.2) is 13.4 Å². The number of fused-ring (bicyclic) bond motifs is 1. The Morgan fingerprint density at radius 2 is 1.89 bits per heavy atom. The average Bonchev–Trinajstić information content (AvgIpc) is 3.52. The molecule has 1 atom stereocenters. The molecule has 0 fully saturated rings. The molecule has 1 unspecified atom stereocenters. The van der Waals surface area contributed by atoms with Crippen molar-refractivity contribution in [3.63, 3.8) is 0 Å². The standard InChI is InChI=1S/C27H26N4O4S2/c1-17-13-20-14-19(9-11-24(20)31(17)37(33,34)21-7-5-4-6-8-21)26(32)29-22-15-18(10-12-25(22)35-3)23-16-36-27(28-2)30-23/h4-12,14-17H,13H2,1-3H3,(H,28,30)(H,29,32). The van der Waals surface area contributed by atoms with E-state index in [1.165, 1.54) is 15.6 Å². The molecule has 4 aromatic rings. The number of anilines is 3. The minimum atomic E-state index is -3.72. The van der Waals surface area contributed by atoms with Gasteiger partial charge in [-0.3, -0.25) is 9.10 Å². The molecule has 8 nitrogen and oxygen atoms in total. The highest BCUT2D eigenvalue weighted by molar-refractivity contribution is 7.92. The summed E-state index contributed by atoms with van der Waals surface area (Å²) in [6.45, 7) is 1.87. The molecule has 1 aromatic heterocycles. The van der Waals surface area contributed by atoms with E-state index in [4.69, 9.17) is 4.74 Å². The lowest BCUT2D eigenvalue weighted by molar-refractivity contribution is 0.102. The van der Waals surface area contributed by atoms with Gasteiger partial charge in [0.25, 0.3) is 15.9 Å². The topological polar surface area (TPSA) is 101 Å². The Morgan fingerprint density at radius 1 is 1.11 bits per heavy atom. The van der Waals surface area contributed by atoms with Crippen LogP contribution in [0.25, 0.3) is 11.3 Å². The summed E-state index contributed by atoms with van der Waals surface area (Å²) < 4.78 is 33.6. The number of amides is 1. The first-order valence-corrected chi connectivity index (χ1v) is 14.0. The Bertz CT molecular complexity index is 1570. The normalized spacial score (nSPS) is 14.8. The van der Waals surface area contributed by atoms with E-state index in [1.54, 1.807) is 61.7 Å². The SMILES string of the molecule is CNc1nc(-c2ccc(OC)c(NC(=O)c3ccc4c(c3)CC(C)N4S(=O)(=O)c3ccccc3)c2)cs1. The number of aromatic nitrogens is 1. The van der Waals surface area contributed by atoms with Crippen LogP contribution in [0.5, 0.6) is 5.75 Å². The quantitative estimate of drug-likeness (QED) is 0.336.